The van der Waals surface area contributed by atoms with Gasteiger partial charge in [0, 0.05) is 28.6 Å². The van der Waals surface area contributed by atoms with Gasteiger partial charge in [0.2, 0.25) is 0 Å². The van der Waals surface area contributed by atoms with Crippen molar-refractivity contribution < 1.29 is 4.79 Å². The predicted molar refractivity (Wildman–Crippen MR) is 73.2 cm³/mol. The zero-order valence-corrected chi connectivity index (χ0v) is 11.3. The van der Waals surface area contributed by atoms with Crippen LogP contribution < -0.4 is 5.32 Å². The summed E-state index contributed by atoms with van der Waals surface area (Å²) < 4.78 is 3.30. The number of halogens is 1. The van der Waals surface area contributed by atoms with E-state index in [1.54, 1.807) is 0 Å². The molecular weight excluding hydrogens is 280 g/mol. The van der Waals surface area contributed by atoms with Crippen LogP contribution in [0.25, 0.3) is 10.9 Å². The topological polar surface area (TPSA) is 34.0 Å². The molecule has 2 aromatic rings. The zero-order valence-electron chi connectivity index (χ0n) is 9.69. The Morgan fingerprint density at radius 1 is 1.47 bits per heavy atom. The van der Waals surface area contributed by atoms with E-state index in [0.29, 0.717) is 6.54 Å². The standard InChI is InChI=1S/C13H15BrN2O/c1-10(15-6-8-17)9-16-7-5-11-3-2-4-12(14)13(11)16/h2-5,7-8,10,15H,6,9H2,1H3/t10-/m0/s1. The van der Waals surface area contributed by atoms with E-state index in [1.807, 2.05) is 12.1 Å². The molecule has 1 aromatic heterocycles. The molecule has 0 aliphatic carbocycles. The first kappa shape index (κ1) is 12.3. The Balaban J connectivity index is 2.21. The molecule has 0 spiro atoms. The smallest absolute Gasteiger partial charge is 0.133 e. The highest BCUT2D eigenvalue weighted by Gasteiger charge is 2.07. The largest absolute Gasteiger partial charge is 0.345 e. The molecule has 0 saturated carbocycles. The van der Waals surface area contributed by atoms with Crippen molar-refractivity contribution in [3.8, 4) is 0 Å². The van der Waals surface area contributed by atoms with Crippen LogP contribution in [0.2, 0.25) is 0 Å². The number of aromatic nitrogens is 1. The maximum absolute atomic E-state index is 10.3. The van der Waals surface area contributed by atoms with Crippen molar-refractivity contribution in [3.05, 3.63) is 34.9 Å². The van der Waals surface area contributed by atoms with Crippen molar-refractivity contribution >= 4 is 33.1 Å². The normalized spacial score (nSPS) is 12.8. The third kappa shape index (κ3) is 2.76. The van der Waals surface area contributed by atoms with E-state index in [0.717, 1.165) is 17.3 Å². The molecule has 0 saturated heterocycles. The van der Waals surface area contributed by atoms with E-state index in [1.165, 1.54) is 10.9 Å². The Morgan fingerprint density at radius 2 is 2.29 bits per heavy atom. The van der Waals surface area contributed by atoms with Crippen LogP contribution in [-0.4, -0.2) is 23.4 Å². The number of para-hydroxylation sites is 1. The summed E-state index contributed by atoms with van der Waals surface area (Å²) >= 11 is 3.57. The maximum atomic E-state index is 10.3. The van der Waals surface area contributed by atoms with Crippen LogP contribution in [0, 0.1) is 0 Å². The number of hydrogen-bond donors (Lipinski definition) is 1. The highest BCUT2D eigenvalue weighted by atomic mass is 79.9. The molecular formula is C13H15BrN2O. The number of benzene rings is 1. The number of nitrogens with one attached hydrogen (secondary N) is 1. The van der Waals surface area contributed by atoms with Gasteiger partial charge >= 0.3 is 0 Å². The van der Waals surface area contributed by atoms with Crippen LogP contribution >= 0.6 is 15.9 Å². The summed E-state index contributed by atoms with van der Waals surface area (Å²) in [5.41, 5.74) is 1.20. The van der Waals surface area contributed by atoms with Crippen molar-refractivity contribution in [1.82, 2.24) is 9.88 Å². The summed E-state index contributed by atoms with van der Waals surface area (Å²) in [6.07, 6.45) is 2.97. The fraction of sp³-hybridized carbons (Fsp3) is 0.308. The van der Waals surface area contributed by atoms with Crippen LogP contribution in [0.4, 0.5) is 0 Å². The molecule has 0 bridgehead atoms. The first-order chi connectivity index (χ1) is 8.22. The molecule has 0 aliphatic heterocycles. The number of hydrogen-bond acceptors (Lipinski definition) is 2. The SMILES string of the molecule is C[C@@H](Cn1ccc2cccc(Br)c21)NCC=O. The molecule has 1 atom stereocenters. The molecule has 17 heavy (non-hydrogen) atoms. The molecule has 1 N–H and O–H groups in total. The van der Waals surface area contributed by atoms with Gasteiger partial charge in [-0.1, -0.05) is 12.1 Å². The van der Waals surface area contributed by atoms with Crippen LogP contribution in [0.5, 0.6) is 0 Å². The fourth-order valence-corrected chi connectivity index (χ4v) is 2.58. The van der Waals surface area contributed by atoms with Gasteiger partial charge in [0.1, 0.15) is 6.29 Å². The number of fused-ring (bicyclic) bond motifs is 1. The Kier molecular flexibility index (Phi) is 3.97. The number of rotatable bonds is 5. The monoisotopic (exact) mass is 294 g/mol. The minimum Gasteiger partial charge on any atom is -0.345 e. The highest BCUT2D eigenvalue weighted by molar-refractivity contribution is 9.10. The molecule has 4 heteroatoms. The molecule has 1 aromatic carbocycles. The quantitative estimate of drug-likeness (QED) is 0.860. The molecule has 0 radical (unpaired) electrons. The van der Waals surface area contributed by atoms with Crippen molar-refractivity contribution in [2.75, 3.05) is 6.54 Å². The fourth-order valence-electron chi connectivity index (χ4n) is 1.98. The summed E-state index contributed by atoms with van der Waals surface area (Å²) in [6.45, 7) is 3.33. The zero-order chi connectivity index (χ0) is 12.3. The van der Waals surface area contributed by atoms with Crippen LogP contribution in [-0.2, 0) is 11.3 Å². The van der Waals surface area contributed by atoms with E-state index in [4.69, 9.17) is 0 Å². The van der Waals surface area contributed by atoms with Gasteiger partial charge in [0.05, 0.1) is 12.1 Å². The van der Waals surface area contributed by atoms with E-state index < -0.39 is 0 Å². The second-order valence-electron chi connectivity index (χ2n) is 4.12. The highest BCUT2D eigenvalue weighted by Crippen LogP contribution is 2.24. The number of aldehydes is 1. The molecule has 0 fully saturated rings. The van der Waals surface area contributed by atoms with Crippen molar-refractivity contribution in [1.29, 1.82) is 0 Å². The Labute approximate surface area is 109 Å². The third-order valence-corrected chi connectivity index (χ3v) is 3.40. The van der Waals surface area contributed by atoms with E-state index in [-0.39, 0.29) is 6.04 Å². The third-order valence-electron chi connectivity index (χ3n) is 2.76. The number of carbonyl (C=O) groups is 1. The second-order valence-corrected chi connectivity index (χ2v) is 4.98. The minimum atomic E-state index is 0.267. The van der Waals surface area contributed by atoms with Crippen molar-refractivity contribution in [3.63, 3.8) is 0 Å². The average Bonchev–Trinajstić information content (AvgIpc) is 2.71. The Hall–Kier alpha value is -1.13. The van der Waals surface area contributed by atoms with Gasteiger partial charge in [-0.15, -0.1) is 0 Å². The molecule has 0 unspecified atom stereocenters. The molecule has 2 rings (SSSR count). The number of carbonyl (C=O) groups excluding carboxylic acids is 1. The Bertz CT molecular complexity index is 521. The lowest BCUT2D eigenvalue weighted by Gasteiger charge is -2.14. The summed E-state index contributed by atoms with van der Waals surface area (Å²) in [5.74, 6) is 0. The van der Waals surface area contributed by atoms with E-state index >= 15 is 0 Å². The molecule has 1 heterocycles. The molecule has 3 nitrogen and oxygen atoms in total. The first-order valence-electron chi connectivity index (χ1n) is 5.62. The lowest BCUT2D eigenvalue weighted by Crippen LogP contribution is -2.31. The van der Waals surface area contributed by atoms with Gasteiger partial charge in [0.15, 0.2) is 0 Å². The lowest BCUT2D eigenvalue weighted by atomic mass is 10.2. The average molecular weight is 295 g/mol. The van der Waals surface area contributed by atoms with Crippen molar-refractivity contribution in [2.24, 2.45) is 0 Å². The van der Waals surface area contributed by atoms with Crippen molar-refractivity contribution in [2.45, 2.75) is 19.5 Å². The predicted octanol–water partition coefficient (Wildman–Crippen LogP) is 2.58. The lowest BCUT2D eigenvalue weighted by molar-refractivity contribution is -0.107. The summed E-state index contributed by atoms with van der Waals surface area (Å²) in [5, 5.41) is 4.37. The van der Waals surface area contributed by atoms with Gasteiger partial charge in [-0.2, -0.15) is 0 Å². The van der Waals surface area contributed by atoms with E-state index in [2.05, 4.69) is 51.1 Å². The second kappa shape index (κ2) is 5.47. The minimum absolute atomic E-state index is 0.267. The first-order valence-corrected chi connectivity index (χ1v) is 6.42. The summed E-state index contributed by atoms with van der Waals surface area (Å²) in [4.78, 5) is 10.3. The Morgan fingerprint density at radius 3 is 3.06 bits per heavy atom. The summed E-state index contributed by atoms with van der Waals surface area (Å²) in [7, 11) is 0. The van der Waals surface area contributed by atoms with Crippen LogP contribution in [0.1, 0.15) is 6.92 Å². The summed E-state index contributed by atoms with van der Waals surface area (Å²) in [6, 6.07) is 8.54. The van der Waals surface area contributed by atoms with E-state index in [9.17, 15) is 4.79 Å². The number of nitrogens with zero attached hydrogens (tertiary/aromatic N) is 1. The van der Waals surface area contributed by atoms with Crippen LogP contribution in [0.15, 0.2) is 34.9 Å². The van der Waals surface area contributed by atoms with Gasteiger partial charge in [-0.3, -0.25) is 0 Å². The maximum Gasteiger partial charge on any atom is 0.133 e. The molecule has 0 aliphatic rings. The van der Waals surface area contributed by atoms with Gasteiger partial charge in [-0.25, -0.2) is 0 Å². The van der Waals surface area contributed by atoms with Gasteiger partial charge < -0.3 is 14.7 Å². The van der Waals surface area contributed by atoms with Gasteiger partial charge in [0.25, 0.3) is 0 Å². The molecule has 0 amide bonds. The van der Waals surface area contributed by atoms with Crippen LogP contribution in [0.3, 0.4) is 0 Å². The van der Waals surface area contributed by atoms with Gasteiger partial charge in [-0.05, 0) is 35.0 Å². The molecule has 90 valence electrons.